The number of amides is 2. The van der Waals surface area contributed by atoms with Crippen LogP contribution in [0.4, 0.5) is 5.69 Å². The van der Waals surface area contributed by atoms with Crippen LogP contribution >= 0.6 is 0 Å². The van der Waals surface area contributed by atoms with Crippen molar-refractivity contribution in [1.29, 1.82) is 5.26 Å². The van der Waals surface area contributed by atoms with Crippen molar-refractivity contribution < 1.29 is 9.59 Å². The molecule has 0 bridgehead atoms. The summed E-state index contributed by atoms with van der Waals surface area (Å²) in [4.78, 5) is 23.2. The highest BCUT2D eigenvalue weighted by Crippen LogP contribution is 2.15. The maximum Gasteiger partial charge on any atom is 0.253 e. The Morgan fingerprint density at radius 1 is 1.33 bits per heavy atom. The molecule has 1 aromatic carbocycles. The summed E-state index contributed by atoms with van der Waals surface area (Å²) < 4.78 is 0. The lowest BCUT2D eigenvalue weighted by Crippen LogP contribution is -2.25. The second kappa shape index (κ2) is 7.07. The summed E-state index contributed by atoms with van der Waals surface area (Å²) >= 11 is 0. The average Bonchev–Trinajstić information content (AvgIpc) is 2.37. The first-order valence-electron chi connectivity index (χ1n) is 5.73. The number of benzene rings is 1. The van der Waals surface area contributed by atoms with Gasteiger partial charge in [-0.15, -0.1) is 0 Å². The number of nitriles is 1. The largest absolute Gasteiger partial charge is 0.352 e. The van der Waals surface area contributed by atoms with Crippen LogP contribution < -0.4 is 10.6 Å². The second-order valence-electron chi connectivity index (χ2n) is 3.68. The van der Waals surface area contributed by atoms with Crippen LogP contribution in [0.5, 0.6) is 0 Å². The first-order chi connectivity index (χ1) is 8.69. The molecule has 0 aliphatic carbocycles. The number of hydrogen-bond donors (Lipinski definition) is 2. The van der Waals surface area contributed by atoms with Crippen LogP contribution in [-0.4, -0.2) is 18.4 Å². The smallest absolute Gasteiger partial charge is 0.253 e. The van der Waals surface area contributed by atoms with E-state index in [0.717, 1.165) is 6.42 Å². The Labute approximate surface area is 106 Å². The fraction of sp³-hybridized carbons (Fsp3) is 0.308. The SMILES string of the molecule is CCCNC(=O)c1ccccc1NC(=O)CC#N. The number of anilines is 1. The molecule has 1 aromatic rings. The summed E-state index contributed by atoms with van der Waals surface area (Å²) in [6.45, 7) is 2.54. The molecular weight excluding hydrogens is 230 g/mol. The van der Waals surface area contributed by atoms with E-state index in [4.69, 9.17) is 5.26 Å². The van der Waals surface area contributed by atoms with Gasteiger partial charge in [0.1, 0.15) is 6.42 Å². The number of carbonyl (C=O) groups excluding carboxylic acids is 2. The van der Waals surface area contributed by atoms with Crippen molar-refractivity contribution >= 4 is 17.5 Å². The number of hydrogen-bond acceptors (Lipinski definition) is 3. The second-order valence-corrected chi connectivity index (χ2v) is 3.68. The van der Waals surface area contributed by atoms with Gasteiger partial charge < -0.3 is 10.6 Å². The zero-order valence-corrected chi connectivity index (χ0v) is 10.2. The van der Waals surface area contributed by atoms with E-state index in [1.54, 1.807) is 30.3 Å². The summed E-state index contributed by atoms with van der Waals surface area (Å²) in [7, 11) is 0. The molecule has 1 rings (SSSR count). The lowest BCUT2D eigenvalue weighted by Gasteiger charge is -2.10. The minimum absolute atomic E-state index is 0.231. The van der Waals surface area contributed by atoms with Gasteiger partial charge in [0.2, 0.25) is 5.91 Å². The van der Waals surface area contributed by atoms with Crippen molar-refractivity contribution in [2.24, 2.45) is 0 Å². The van der Waals surface area contributed by atoms with Crippen molar-refractivity contribution in [3.63, 3.8) is 0 Å². The summed E-state index contributed by atoms with van der Waals surface area (Å²) in [5, 5.41) is 13.7. The Kier molecular flexibility index (Phi) is 5.39. The highest BCUT2D eigenvalue weighted by atomic mass is 16.2. The minimum atomic E-state index is -0.423. The molecule has 0 fully saturated rings. The van der Waals surface area contributed by atoms with Gasteiger partial charge in [0.05, 0.1) is 17.3 Å². The van der Waals surface area contributed by atoms with E-state index in [0.29, 0.717) is 17.8 Å². The maximum absolute atomic E-state index is 11.8. The molecule has 0 heterocycles. The quantitative estimate of drug-likeness (QED) is 0.828. The van der Waals surface area contributed by atoms with E-state index in [1.165, 1.54) is 0 Å². The molecule has 0 unspecified atom stereocenters. The third kappa shape index (κ3) is 3.91. The van der Waals surface area contributed by atoms with Crippen molar-refractivity contribution in [3.8, 4) is 6.07 Å². The molecule has 2 N–H and O–H groups in total. The highest BCUT2D eigenvalue weighted by molar-refractivity contribution is 6.03. The molecule has 94 valence electrons. The molecular formula is C13H15N3O2. The first-order valence-corrected chi connectivity index (χ1v) is 5.73. The number of carbonyl (C=O) groups is 2. The fourth-order valence-corrected chi connectivity index (χ4v) is 1.39. The van der Waals surface area contributed by atoms with Gasteiger partial charge in [-0.2, -0.15) is 5.26 Å². The van der Waals surface area contributed by atoms with Crippen LogP contribution in [0.3, 0.4) is 0 Å². The fourth-order valence-electron chi connectivity index (χ4n) is 1.39. The van der Waals surface area contributed by atoms with Crippen LogP contribution in [0.25, 0.3) is 0 Å². The molecule has 0 saturated carbocycles. The van der Waals surface area contributed by atoms with Crippen LogP contribution in [0.1, 0.15) is 30.1 Å². The monoisotopic (exact) mass is 245 g/mol. The van der Waals surface area contributed by atoms with Gasteiger partial charge in [0.15, 0.2) is 0 Å². The van der Waals surface area contributed by atoms with E-state index in [9.17, 15) is 9.59 Å². The van der Waals surface area contributed by atoms with Crippen LogP contribution in [0, 0.1) is 11.3 Å². The molecule has 5 nitrogen and oxygen atoms in total. The van der Waals surface area contributed by atoms with Gasteiger partial charge >= 0.3 is 0 Å². The topological polar surface area (TPSA) is 82.0 Å². The van der Waals surface area contributed by atoms with E-state index < -0.39 is 5.91 Å². The molecule has 0 aromatic heterocycles. The lowest BCUT2D eigenvalue weighted by atomic mass is 10.1. The van der Waals surface area contributed by atoms with Gasteiger partial charge in [-0.3, -0.25) is 9.59 Å². The van der Waals surface area contributed by atoms with Gasteiger partial charge in [-0.25, -0.2) is 0 Å². The van der Waals surface area contributed by atoms with Gasteiger partial charge in [0.25, 0.3) is 5.91 Å². The van der Waals surface area contributed by atoms with Gasteiger partial charge in [-0.1, -0.05) is 19.1 Å². The zero-order valence-electron chi connectivity index (χ0n) is 10.2. The molecule has 2 amide bonds. The summed E-state index contributed by atoms with van der Waals surface area (Å²) in [5.74, 6) is -0.655. The van der Waals surface area contributed by atoms with Crippen LogP contribution in [0.2, 0.25) is 0 Å². The Bertz CT molecular complexity index is 477. The van der Waals surface area contributed by atoms with Gasteiger partial charge in [0, 0.05) is 6.54 Å². The number of rotatable bonds is 5. The Balaban J connectivity index is 2.82. The van der Waals surface area contributed by atoms with Crippen molar-refractivity contribution in [1.82, 2.24) is 5.32 Å². The number of nitrogens with one attached hydrogen (secondary N) is 2. The Morgan fingerprint density at radius 3 is 2.72 bits per heavy atom. The number of para-hydroxylation sites is 1. The maximum atomic E-state index is 11.8. The first kappa shape index (κ1) is 13.7. The van der Waals surface area contributed by atoms with Crippen molar-refractivity contribution in [2.45, 2.75) is 19.8 Å². The molecule has 18 heavy (non-hydrogen) atoms. The molecule has 0 spiro atoms. The van der Waals surface area contributed by atoms with E-state index in [-0.39, 0.29) is 12.3 Å². The summed E-state index contributed by atoms with van der Waals surface area (Å²) in [6, 6.07) is 8.47. The van der Waals surface area contributed by atoms with E-state index in [2.05, 4.69) is 10.6 Å². The molecule has 0 atom stereocenters. The Hall–Kier alpha value is -2.35. The molecule has 0 aliphatic heterocycles. The average molecular weight is 245 g/mol. The van der Waals surface area contributed by atoms with E-state index >= 15 is 0 Å². The third-order valence-electron chi connectivity index (χ3n) is 2.22. The van der Waals surface area contributed by atoms with Gasteiger partial charge in [-0.05, 0) is 18.6 Å². The molecule has 0 radical (unpaired) electrons. The summed E-state index contributed by atoms with van der Waals surface area (Å²) in [5.41, 5.74) is 0.823. The lowest BCUT2D eigenvalue weighted by molar-refractivity contribution is -0.115. The summed E-state index contributed by atoms with van der Waals surface area (Å²) in [6.07, 6.45) is 0.611. The van der Waals surface area contributed by atoms with Crippen LogP contribution in [0.15, 0.2) is 24.3 Å². The van der Waals surface area contributed by atoms with Crippen LogP contribution in [-0.2, 0) is 4.79 Å². The predicted molar refractivity (Wildman–Crippen MR) is 67.9 cm³/mol. The standard InChI is InChI=1S/C13H15N3O2/c1-2-9-15-13(18)10-5-3-4-6-11(10)16-12(17)7-8-14/h3-6H,2,7,9H2,1H3,(H,15,18)(H,16,17). The number of nitrogens with zero attached hydrogens (tertiary/aromatic N) is 1. The van der Waals surface area contributed by atoms with Crippen molar-refractivity contribution in [3.05, 3.63) is 29.8 Å². The predicted octanol–water partition coefficient (Wildman–Crippen LogP) is 1.68. The molecule has 5 heteroatoms. The Morgan fingerprint density at radius 2 is 2.06 bits per heavy atom. The highest BCUT2D eigenvalue weighted by Gasteiger charge is 2.11. The molecule has 0 aliphatic rings. The minimum Gasteiger partial charge on any atom is -0.352 e. The zero-order chi connectivity index (χ0) is 13.4. The van der Waals surface area contributed by atoms with Crippen molar-refractivity contribution in [2.75, 3.05) is 11.9 Å². The third-order valence-corrected chi connectivity index (χ3v) is 2.22. The van der Waals surface area contributed by atoms with E-state index in [1.807, 2.05) is 6.92 Å². The molecule has 0 saturated heterocycles. The normalized spacial score (nSPS) is 9.33.